The van der Waals surface area contributed by atoms with Gasteiger partial charge in [-0.1, -0.05) is 0 Å². The molecule has 4 atom stereocenters. The minimum atomic E-state index is -0.346. The molecule has 0 aromatic heterocycles. The highest BCUT2D eigenvalue weighted by atomic mass is 16.8. The first-order chi connectivity index (χ1) is 16.5. The summed E-state index contributed by atoms with van der Waals surface area (Å²) in [5, 5.41) is 9.94. The van der Waals surface area contributed by atoms with Crippen molar-refractivity contribution in [3.05, 3.63) is 0 Å². The van der Waals surface area contributed by atoms with Crippen LogP contribution in [-0.4, -0.2) is 85.7 Å². The summed E-state index contributed by atoms with van der Waals surface area (Å²) in [7, 11) is 0. The van der Waals surface area contributed by atoms with Crippen LogP contribution in [0.15, 0.2) is 0 Å². The number of esters is 2. The highest BCUT2D eigenvalue weighted by Crippen LogP contribution is 2.37. The molecule has 4 rings (SSSR count). The fourth-order valence-corrected chi connectivity index (χ4v) is 5.38. The molecule has 1 N–H and O–H groups in total. The molecule has 34 heavy (non-hydrogen) atoms. The first-order valence-corrected chi connectivity index (χ1v) is 13.1. The Morgan fingerprint density at radius 3 is 1.88 bits per heavy atom. The van der Waals surface area contributed by atoms with E-state index in [9.17, 15) is 14.7 Å². The van der Waals surface area contributed by atoms with Gasteiger partial charge >= 0.3 is 11.9 Å². The molecule has 9 heteroatoms. The predicted octanol–water partition coefficient (Wildman–Crippen LogP) is 2.77. The molecule has 4 unspecified atom stereocenters. The van der Waals surface area contributed by atoms with E-state index >= 15 is 0 Å². The van der Waals surface area contributed by atoms with Gasteiger partial charge < -0.3 is 28.8 Å². The number of piperidine rings is 2. The van der Waals surface area contributed by atoms with Crippen molar-refractivity contribution in [1.82, 2.24) is 4.90 Å². The first-order valence-electron chi connectivity index (χ1n) is 13.1. The van der Waals surface area contributed by atoms with Crippen molar-refractivity contribution < 1.29 is 38.4 Å². The van der Waals surface area contributed by atoms with E-state index < -0.39 is 0 Å². The summed E-state index contributed by atoms with van der Waals surface area (Å²) in [4.78, 5) is 25.8. The van der Waals surface area contributed by atoms with Gasteiger partial charge in [0.1, 0.15) is 0 Å². The first kappa shape index (κ1) is 27.3. The third-order valence-corrected chi connectivity index (χ3v) is 6.96. The maximum absolute atomic E-state index is 11.9. The van der Waals surface area contributed by atoms with Crippen LogP contribution in [0.25, 0.3) is 0 Å². The number of hydrogen-bond donors (Lipinski definition) is 1. The second kappa shape index (κ2) is 14.3. The molecule has 4 fully saturated rings. The van der Waals surface area contributed by atoms with Crippen molar-refractivity contribution in [1.29, 1.82) is 0 Å². The number of hydrogen-bond acceptors (Lipinski definition) is 9. The van der Waals surface area contributed by atoms with Gasteiger partial charge in [-0.05, 0) is 78.1 Å². The zero-order chi connectivity index (χ0) is 24.3. The summed E-state index contributed by atoms with van der Waals surface area (Å²) in [5.74, 6) is -0.510. The zero-order valence-corrected chi connectivity index (χ0v) is 20.8. The summed E-state index contributed by atoms with van der Waals surface area (Å²) in [6, 6.07) is 0.0950. The molecule has 2 bridgehead atoms. The van der Waals surface area contributed by atoms with Crippen molar-refractivity contribution in [2.75, 3.05) is 33.0 Å². The number of ether oxygens (including phenoxy) is 5. The summed E-state index contributed by atoms with van der Waals surface area (Å²) in [5.41, 5.74) is 0. The van der Waals surface area contributed by atoms with Crippen LogP contribution in [0.3, 0.4) is 0 Å². The Morgan fingerprint density at radius 2 is 1.41 bits per heavy atom. The summed E-state index contributed by atoms with van der Waals surface area (Å²) in [6.07, 6.45) is 8.98. The van der Waals surface area contributed by atoms with Gasteiger partial charge in [0.25, 0.3) is 0 Å². The molecule has 196 valence electrons. The van der Waals surface area contributed by atoms with Crippen molar-refractivity contribution in [3.8, 4) is 0 Å². The van der Waals surface area contributed by atoms with Gasteiger partial charge in [0.15, 0.2) is 12.6 Å². The van der Waals surface area contributed by atoms with E-state index in [4.69, 9.17) is 23.7 Å². The Bertz CT molecular complexity index is 588. The van der Waals surface area contributed by atoms with Gasteiger partial charge in [-0.3, -0.25) is 14.5 Å². The second-order valence-corrected chi connectivity index (χ2v) is 9.56. The minimum Gasteiger partial charge on any atom is -0.466 e. The Balaban J connectivity index is 0.000000212. The van der Waals surface area contributed by atoms with Gasteiger partial charge in [0.2, 0.25) is 0 Å². The second-order valence-electron chi connectivity index (χ2n) is 9.56. The lowest BCUT2D eigenvalue weighted by Crippen LogP contribution is -2.57. The number of aliphatic hydroxyl groups is 1. The lowest BCUT2D eigenvalue weighted by atomic mass is 9.77. The molecule has 9 nitrogen and oxygen atoms in total. The smallest absolute Gasteiger partial charge is 0.320 e. The lowest BCUT2D eigenvalue weighted by Gasteiger charge is -2.49. The fourth-order valence-electron chi connectivity index (χ4n) is 5.38. The number of nitrogens with zero attached hydrogens (tertiary/aromatic N) is 1. The molecule has 4 aliphatic heterocycles. The van der Waals surface area contributed by atoms with Crippen LogP contribution in [0.1, 0.15) is 78.1 Å². The zero-order valence-electron chi connectivity index (χ0n) is 20.8. The van der Waals surface area contributed by atoms with Gasteiger partial charge in [-0.15, -0.1) is 0 Å². The predicted molar refractivity (Wildman–Crippen MR) is 124 cm³/mol. The molecule has 0 spiro atoms. The van der Waals surface area contributed by atoms with E-state index in [-0.39, 0.29) is 55.2 Å². The average molecular weight is 486 g/mol. The molecule has 4 saturated heterocycles. The Labute approximate surface area is 203 Å². The van der Waals surface area contributed by atoms with Crippen LogP contribution >= 0.6 is 0 Å². The van der Waals surface area contributed by atoms with Crippen molar-refractivity contribution in [2.24, 2.45) is 5.92 Å². The topological polar surface area (TPSA) is 104 Å². The molecule has 4 heterocycles. The number of fused-ring (bicyclic) bond motifs is 2. The lowest BCUT2D eigenvalue weighted by molar-refractivity contribution is -0.264. The van der Waals surface area contributed by atoms with E-state index in [0.29, 0.717) is 38.9 Å². The highest BCUT2D eigenvalue weighted by Gasteiger charge is 2.44. The SMILES string of the molecule is C1CCC(OC2CCCCO2)OC1.CCOC(=O)CN1C2CC(O)CC1CC(C(=O)OCC)C2. The van der Waals surface area contributed by atoms with Crippen LogP contribution in [0.4, 0.5) is 0 Å². The van der Waals surface area contributed by atoms with Gasteiger partial charge in [-0.25, -0.2) is 0 Å². The van der Waals surface area contributed by atoms with Gasteiger partial charge in [0, 0.05) is 25.3 Å². The third-order valence-electron chi connectivity index (χ3n) is 6.96. The standard InChI is InChI=1S/C15H25NO5.C10H18O3/c1-3-20-14(18)9-16-11-5-10(15(19)21-4-2)6-12(16)8-13(17)7-11;1-3-7-11-9(5-1)13-10-6-2-4-8-12-10/h10-13,17H,3-9H2,1-2H3;9-10H,1-8H2. The average Bonchev–Trinajstić information content (AvgIpc) is 2.81. The normalized spacial score (nSPS) is 33.9. The van der Waals surface area contributed by atoms with Crippen LogP contribution in [0.5, 0.6) is 0 Å². The van der Waals surface area contributed by atoms with Crippen molar-refractivity contribution >= 4 is 11.9 Å². The van der Waals surface area contributed by atoms with E-state index in [1.165, 1.54) is 25.7 Å². The summed E-state index contributed by atoms with van der Waals surface area (Å²) < 4.78 is 26.8. The highest BCUT2D eigenvalue weighted by molar-refractivity contribution is 5.73. The van der Waals surface area contributed by atoms with Crippen LogP contribution < -0.4 is 0 Å². The van der Waals surface area contributed by atoms with Crippen molar-refractivity contribution in [2.45, 2.75) is 109 Å². The number of carbonyl (C=O) groups is 2. The number of rotatable bonds is 7. The largest absolute Gasteiger partial charge is 0.466 e. The summed E-state index contributed by atoms with van der Waals surface area (Å²) in [6.45, 7) is 6.28. The third kappa shape index (κ3) is 8.45. The van der Waals surface area contributed by atoms with E-state index in [0.717, 1.165) is 26.1 Å². The molecule has 0 amide bonds. The Kier molecular flexibility index (Phi) is 11.5. The molecule has 0 radical (unpaired) electrons. The Hall–Kier alpha value is -1.26. The molecule has 0 aliphatic carbocycles. The van der Waals surface area contributed by atoms with Crippen LogP contribution in [0, 0.1) is 5.92 Å². The molecular weight excluding hydrogens is 442 g/mol. The van der Waals surface area contributed by atoms with Gasteiger partial charge in [0.05, 0.1) is 31.8 Å². The summed E-state index contributed by atoms with van der Waals surface area (Å²) >= 11 is 0. The van der Waals surface area contributed by atoms with E-state index in [1.807, 2.05) is 0 Å². The number of aliphatic hydroxyl groups excluding tert-OH is 1. The van der Waals surface area contributed by atoms with Crippen LogP contribution in [-0.2, 0) is 33.3 Å². The monoisotopic (exact) mass is 485 g/mol. The maximum Gasteiger partial charge on any atom is 0.320 e. The molecular formula is C25H43NO8. The van der Waals surface area contributed by atoms with Gasteiger partial charge in [-0.2, -0.15) is 0 Å². The van der Waals surface area contributed by atoms with E-state index in [1.54, 1.807) is 13.8 Å². The molecule has 0 saturated carbocycles. The Morgan fingerprint density at radius 1 is 0.853 bits per heavy atom. The maximum atomic E-state index is 11.9. The van der Waals surface area contributed by atoms with Crippen molar-refractivity contribution in [3.63, 3.8) is 0 Å². The fraction of sp³-hybridized carbons (Fsp3) is 0.920. The number of carbonyl (C=O) groups excluding carboxylic acids is 2. The molecule has 4 aliphatic rings. The quantitative estimate of drug-likeness (QED) is 0.545. The van der Waals surface area contributed by atoms with Crippen LogP contribution in [0.2, 0.25) is 0 Å². The molecule has 0 aromatic rings. The molecule has 0 aromatic carbocycles. The minimum absolute atomic E-state index is 0.00292. The van der Waals surface area contributed by atoms with E-state index in [2.05, 4.69) is 4.90 Å².